The van der Waals surface area contributed by atoms with Crippen LogP contribution in [0.5, 0.6) is 0 Å². The van der Waals surface area contributed by atoms with Gasteiger partial charge in [-0.3, -0.25) is 9.36 Å². The number of hydrogen-bond donors (Lipinski definition) is 0. The van der Waals surface area contributed by atoms with Gasteiger partial charge < -0.3 is 14.4 Å². The fourth-order valence-corrected chi connectivity index (χ4v) is 5.15. The van der Waals surface area contributed by atoms with E-state index in [2.05, 4.69) is 15.0 Å². The van der Waals surface area contributed by atoms with Crippen molar-refractivity contribution in [1.29, 1.82) is 0 Å². The fourth-order valence-electron chi connectivity index (χ4n) is 3.55. The minimum Gasteiger partial charge on any atom is -0.466 e. The molecule has 0 amide bonds. The Hall–Kier alpha value is -2.36. The quantitative estimate of drug-likeness (QED) is 0.632. The van der Waals surface area contributed by atoms with Crippen LogP contribution in [0, 0.1) is 5.92 Å². The number of hydrogen-bond acceptors (Lipinski definition) is 9. The number of nitrogens with zero attached hydrogens (tertiary/aromatic N) is 5. The molecular weight excluding hydrogens is 382 g/mol. The van der Waals surface area contributed by atoms with Crippen molar-refractivity contribution in [2.24, 2.45) is 5.92 Å². The second-order valence-corrected chi connectivity index (χ2v) is 7.77. The van der Waals surface area contributed by atoms with Crippen molar-refractivity contribution in [3.05, 3.63) is 12.7 Å². The third-order valence-corrected chi connectivity index (χ3v) is 6.11. The first-order valence-electron chi connectivity index (χ1n) is 9.22. The Morgan fingerprint density at radius 3 is 2.68 bits per heavy atom. The standard InChI is InChI=1S/C18H25N5O4S/c1-5-26-13(24)7-12-8-28-9-18(12,17(25)27-6-2)23-11-21-14-15(22(3)4)19-10-20-16(14)23/h10-12H,5-9H2,1-4H3/t12-,18-/m0/s1. The summed E-state index contributed by atoms with van der Waals surface area (Å²) in [5, 5.41) is 0. The van der Waals surface area contributed by atoms with Gasteiger partial charge in [0, 0.05) is 25.8 Å². The van der Waals surface area contributed by atoms with Crippen molar-refractivity contribution in [1.82, 2.24) is 19.5 Å². The van der Waals surface area contributed by atoms with Crippen molar-refractivity contribution in [3.8, 4) is 0 Å². The van der Waals surface area contributed by atoms with E-state index in [-0.39, 0.29) is 30.9 Å². The highest BCUT2D eigenvalue weighted by atomic mass is 32.2. The molecule has 0 aliphatic carbocycles. The molecule has 28 heavy (non-hydrogen) atoms. The highest BCUT2D eigenvalue weighted by Gasteiger charge is 2.54. The van der Waals surface area contributed by atoms with Crippen LogP contribution in [0.2, 0.25) is 0 Å². The van der Waals surface area contributed by atoms with E-state index in [4.69, 9.17) is 9.47 Å². The molecule has 2 atom stereocenters. The summed E-state index contributed by atoms with van der Waals surface area (Å²) in [5.41, 5.74) is 0.0752. The summed E-state index contributed by atoms with van der Waals surface area (Å²) < 4.78 is 12.3. The van der Waals surface area contributed by atoms with Gasteiger partial charge in [0.25, 0.3) is 0 Å². The van der Waals surface area contributed by atoms with E-state index in [1.54, 1.807) is 36.5 Å². The van der Waals surface area contributed by atoms with E-state index >= 15 is 0 Å². The van der Waals surface area contributed by atoms with Gasteiger partial charge in [-0.1, -0.05) is 0 Å². The van der Waals surface area contributed by atoms with Crippen LogP contribution >= 0.6 is 11.8 Å². The Morgan fingerprint density at radius 2 is 2.00 bits per heavy atom. The number of carbonyl (C=O) groups excluding carboxylic acids is 2. The molecule has 9 nitrogen and oxygen atoms in total. The number of rotatable bonds is 7. The molecule has 2 aromatic rings. The SMILES string of the molecule is CCOC(=O)C[C@H]1CSC[C@]1(C(=O)OCC)n1cnc2c(N(C)C)ncnc21. The molecule has 152 valence electrons. The van der Waals surface area contributed by atoms with Crippen LogP contribution in [0.25, 0.3) is 11.2 Å². The molecule has 1 fully saturated rings. The lowest BCUT2D eigenvalue weighted by atomic mass is 9.84. The Morgan fingerprint density at radius 1 is 1.25 bits per heavy atom. The summed E-state index contributed by atoms with van der Waals surface area (Å²) in [7, 11) is 3.74. The van der Waals surface area contributed by atoms with Gasteiger partial charge in [0.1, 0.15) is 6.33 Å². The van der Waals surface area contributed by atoms with Gasteiger partial charge >= 0.3 is 11.9 Å². The second kappa shape index (κ2) is 8.34. The molecule has 1 aliphatic heterocycles. The van der Waals surface area contributed by atoms with E-state index in [0.29, 0.717) is 35.1 Å². The van der Waals surface area contributed by atoms with Crippen LogP contribution in [-0.2, 0) is 24.6 Å². The van der Waals surface area contributed by atoms with Gasteiger partial charge in [0.15, 0.2) is 22.5 Å². The van der Waals surface area contributed by atoms with Crippen molar-refractivity contribution < 1.29 is 19.1 Å². The van der Waals surface area contributed by atoms with Gasteiger partial charge in [0.2, 0.25) is 0 Å². The molecule has 3 rings (SSSR count). The van der Waals surface area contributed by atoms with Crippen molar-refractivity contribution in [2.75, 3.05) is 43.7 Å². The Balaban J connectivity index is 2.13. The third-order valence-electron chi connectivity index (χ3n) is 4.83. The van der Waals surface area contributed by atoms with Crippen LogP contribution in [0.1, 0.15) is 20.3 Å². The number of esters is 2. The maximum absolute atomic E-state index is 13.2. The monoisotopic (exact) mass is 407 g/mol. The predicted molar refractivity (Wildman–Crippen MR) is 106 cm³/mol. The largest absolute Gasteiger partial charge is 0.466 e. The molecule has 0 bridgehead atoms. The van der Waals surface area contributed by atoms with E-state index in [9.17, 15) is 9.59 Å². The fraction of sp³-hybridized carbons (Fsp3) is 0.611. The van der Waals surface area contributed by atoms with Gasteiger partial charge in [-0.25, -0.2) is 19.7 Å². The molecule has 0 unspecified atom stereocenters. The summed E-state index contributed by atoms with van der Waals surface area (Å²) >= 11 is 1.61. The van der Waals surface area contributed by atoms with Gasteiger partial charge in [-0.2, -0.15) is 11.8 Å². The molecular formula is C18H25N5O4S. The lowest BCUT2D eigenvalue weighted by Crippen LogP contribution is -2.49. The number of imidazole rings is 1. The maximum Gasteiger partial charge on any atom is 0.333 e. The topological polar surface area (TPSA) is 99.4 Å². The molecule has 0 radical (unpaired) electrons. The van der Waals surface area contributed by atoms with E-state index < -0.39 is 5.54 Å². The summed E-state index contributed by atoms with van der Waals surface area (Å²) in [6.07, 6.45) is 3.19. The first kappa shape index (κ1) is 20.4. The number of anilines is 1. The number of thioether (sulfide) groups is 1. The number of carbonyl (C=O) groups is 2. The molecule has 10 heteroatoms. The lowest BCUT2D eigenvalue weighted by Gasteiger charge is -2.33. The molecule has 2 aromatic heterocycles. The Kier molecular flexibility index (Phi) is 6.07. The van der Waals surface area contributed by atoms with Gasteiger partial charge in [-0.15, -0.1) is 0 Å². The smallest absolute Gasteiger partial charge is 0.333 e. The minimum atomic E-state index is -1.07. The summed E-state index contributed by atoms with van der Waals surface area (Å²) in [5.74, 6) is 0.794. The lowest BCUT2D eigenvalue weighted by molar-refractivity contribution is -0.156. The van der Waals surface area contributed by atoms with Crippen LogP contribution < -0.4 is 4.90 Å². The normalized spacial score (nSPS) is 21.6. The molecule has 0 aromatic carbocycles. The third kappa shape index (κ3) is 3.41. The molecule has 0 spiro atoms. The van der Waals surface area contributed by atoms with Crippen molar-refractivity contribution in [3.63, 3.8) is 0 Å². The molecule has 0 saturated carbocycles. The highest BCUT2D eigenvalue weighted by molar-refractivity contribution is 7.99. The van der Waals surface area contributed by atoms with Crippen LogP contribution in [-0.4, -0.2) is 70.3 Å². The maximum atomic E-state index is 13.2. The molecule has 1 aliphatic rings. The second-order valence-electron chi connectivity index (χ2n) is 6.74. The molecule has 3 heterocycles. The van der Waals surface area contributed by atoms with Crippen LogP contribution in [0.3, 0.4) is 0 Å². The summed E-state index contributed by atoms with van der Waals surface area (Å²) in [4.78, 5) is 40.4. The minimum absolute atomic E-state index is 0.130. The summed E-state index contributed by atoms with van der Waals surface area (Å²) in [6, 6.07) is 0. The Bertz CT molecular complexity index is 871. The average Bonchev–Trinajstić information content (AvgIpc) is 3.26. The molecule has 1 saturated heterocycles. The van der Waals surface area contributed by atoms with E-state index in [1.807, 2.05) is 19.0 Å². The van der Waals surface area contributed by atoms with Crippen LogP contribution in [0.15, 0.2) is 12.7 Å². The van der Waals surface area contributed by atoms with Crippen LogP contribution in [0.4, 0.5) is 5.82 Å². The molecule has 0 N–H and O–H groups in total. The highest BCUT2D eigenvalue weighted by Crippen LogP contribution is 2.44. The van der Waals surface area contributed by atoms with Gasteiger partial charge in [0.05, 0.1) is 26.0 Å². The zero-order valence-electron chi connectivity index (χ0n) is 16.5. The first-order valence-corrected chi connectivity index (χ1v) is 10.4. The zero-order chi connectivity index (χ0) is 20.3. The van der Waals surface area contributed by atoms with E-state index in [1.165, 1.54) is 6.33 Å². The number of ether oxygens (including phenoxy) is 2. The Labute approximate surface area is 167 Å². The van der Waals surface area contributed by atoms with Crippen molar-refractivity contribution in [2.45, 2.75) is 25.8 Å². The zero-order valence-corrected chi connectivity index (χ0v) is 17.4. The van der Waals surface area contributed by atoms with E-state index in [0.717, 1.165) is 0 Å². The number of aromatic nitrogens is 4. The predicted octanol–water partition coefficient (Wildman–Crippen LogP) is 1.47. The summed E-state index contributed by atoms with van der Waals surface area (Å²) in [6.45, 7) is 4.09. The number of fused-ring (bicyclic) bond motifs is 1. The first-order chi connectivity index (χ1) is 13.5. The van der Waals surface area contributed by atoms with Gasteiger partial charge in [-0.05, 0) is 19.6 Å². The average molecular weight is 407 g/mol. The van der Waals surface area contributed by atoms with Crippen molar-refractivity contribution >= 4 is 40.7 Å².